The van der Waals surface area contributed by atoms with Gasteiger partial charge in [0.05, 0.1) is 0 Å². The maximum atomic E-state index is 5.38. The summed E-state index contributed by atoms with van der Waals surface area (Å²) < 4.78 is 7.55. The second-order valence-corrected chi connectivity index (χ2v) is 7.24. The Balaban J connectivity index is 2.57. The van der Waals surface area contributed by atoms with Crippen molar-refractivity contribution in [2.24, 2.45) is 5.41 Å². The molecule has 0 unspecified atom stereocenters. The second-order valence-electron chi connectivity index (χ2n) is 7.24. The molecule has 0 aliphatic carbocycles. The van der Waals surface area contributed by atoms with Gasteiger partial charge in [-0.25, -0.2) is 4.98 Å². The lowest BCUT2D eigenvalue weighted by atomic mass is 9.82. The molecule has 1 rings (SSSR count). The summed E-state index contributed by atoms with van der Waals surface area (Å²) in [7, 11) is 0. The highest BCUT2D eigenvalue weighted by Crippen LogP contribution is 2.29. The van der Waals surface area contributed by atoms with E-state index in [-0.39, 0.29) is 5.54 Å². The number of imidazole rings is 1. The fourth-order valence-corrected chi connectivity index (χ4v) is 2.77. The molecule has 0 fully saturated rings. The maximum Gasteiger partial charge on any atom is 0.203 e. The van der Waals surface area contributed by atoms with Crippen LogP contribution >= 0.6 is 0 Å². The Kier molecular flexibility index (Phi) is 6.06. The van der Waals surface area contributed by atoms with Crippen LogP contribution in [0.4, 0.5) is 5.95 Å². The Morgan fingerprint density at radius 1 is 1.25 bits per heavy atom. The van der Waals surface area contributed by atoms with Gasteiger partial charge in [0, 0.05) is 37.7 Å². The van der Waals surface area contributed by atoms with Crippen molar-refractivity contribution in [3.8, 4) is 0 Å². The van der Waals surface area contributed by atoms with E-state index in [4.69, 9.17) is 4.74 Å². The molecule has 0 aliphatic rings. The van der Waals surface area contributed by atoms with Crippen LogP contribution in [-0.2, 0) is 11.3 Å². The number of hydrogen-bond acceptors (Lipinski definition) is 3. The van der Waals surface area contributed by atoms with Crippen LogP contribution in [0.15, 0.2) is 12.4 Å². The summed E-state index contributed by atoms with van der Waals surface area (Å²) in [6.07, 6.45) is 5.99. The van der Waals surface area contributed by atoms with Gasteiger partial charge in [-0.15, -0.1) is 0 Å². The van der Waals surface area contributed by atoms with Crippen molar-refractivity contribution in [1.82, 2.24) is 9.55 Å². The molecule has 1 N–H and O–H groups in total. The van der Waals surface area contributed by atoms with Gasteiger partial charge in [0.15, 0.2) is 0 Å². The van der Waals surface area contributed by atoms with Gasteiger partial charge in [0.1, 0.15) is 0 Å². The minimum atomic E-state index is 0.0290. The lowest BCUT2D eigenvalue weighted by Crippen LogP contribution is -2.36. The third kappa shape index (κ3) is 6.42. The minimum absolute atomic E-state index is 0.0290. The van der Waals surface area contributed by atoms with Crippen LogP contribution in [0.5, 0.6) is 0 Å². The fraction of sp³-hybridized carbons (Fsp3) is 0.812. The second kappa shape index (κ2) is 7.11. The fourth-order valence-electron chi connectivity index (χ4n) is 2.77. The molecular formula is C16H31N3O. The number of aromatic nitrogens is 2. The van der Waals surface area contributed by atoms with Crippen LogP contribution in [0, 0.1) is 5.41 Å². The number of rotatable bonds is 8. The average Bonchev–Trinajstić information content (AvgIpc) is 2.67. The highest BCUT2D eigenvalue weighted by molar-refractivity contribution is 5.30. The number of aryl methyl sites for hydroxylation is 1. The summed E-state index contributed by atoms with van der Waals surface area (Å²) in [5.74, 6) is 0.954. The zero-order chi connectivity index (χ0) is 15.2. The summed E-state index contributed by atoms with van der Waals surface area (Å²) in [6, 6.07) is 0. The monoisotopic (exact) mass is 281 g/mol. The third-order valence-corrected chi connectivity index (χ3v) is 3.03. The standard InChI is InChI=1S/C16H31N3O/c1-7-20-12-8-10-19-11-9-17-14(19)18-16(5,6)13-15(2,3)4/h9,11H,7-8,10,12-13H2,1-6H3,(H,17,18). The van der Waals surface area contributed by atoms with E-state index in [1.807, 2.05) is 19.3 Å². The van der Waals surface area contributed by atoms with Crippen molar-refractivity contribution in [3.05, 3.63) is 12.4 Å². The molecule has 0 aromatic carbocycles. The first kappa shape index (κ1) is 17.0. The SMILES string of the molecule is CCOCCCn1ccnc1NC(C)(C)CC(C)(C)C. The number of ether oxygens (including phenoxy) is 1. The van der Waals surface area contributed by atoms with Crippen LogP contribution in [-0.4, -0.2) is 28.3 Å². The Labute approximate surface area is 123 Å². The van der Waals surface area contributed by atoms with Crippen LogP contribution in [0.1, 0.15) is 54.4 Å². The summed E-state index contributed by atoms with van der Waals surface area (Å²) >= 11 is 0. The summed E-state index contributed by atoms with van der Waals surface area (Å²) in [5.41, 5.74) is 0.324. The zero-order valence-electron chi connectivity index (χ0n) is 14.0. The number of hydrogen-bond donors (Lipinski definition) is 1. The molecule has 20 heavy (non-hydrogen) atoms. The maximum absolute atomic E-state index is 5.38. The molecule has 0 atom stereocenters. The Hall–Kier alpha value is -1.03. The van der Waals surface area contributed by atoms with E-state index in [1.54, 1.807) is 0 Å². The van der Waals surface area contributed by atoms with Crippen molar-refractivity contribution >= 4 is 5.95 Å². The Morgan fingerprint density at radius 3 is 2.55 bits per heavy atom. The predicted molar refractivity (Wildman–Crippen MR) is 85.1 cm³/mol. The molecule has 0 aliphatic heterocycles. The quantitative estimate of drug-likeness (QED) is 0.734. The first-order valence-corrected chi connectivity index (χ1v) is 7.60. The van der Waals surface area contributed by atoms with Crippen molar-refractivity contribution < 1.29 is 4.74 Å². The summed E-state index contributed by atoms with van der Waals surface area (Å²) in [6.45, 7) is 15.8. The first-order chi connectivity index (χ1) is 9.23. The minimum Gasteiger partial charge on any atom is -0.382 e. The smallest absolute Gasteiger partial charge is 0.203 e. The van der Waals surface area contributed by atoms with Gasteiger partial charge in [-0.1, -0.05) is 20.8 Å². The van der Waals surface area contributed by atoms with Gasteiger partial charge >= 0.3 is 0 Å². The molecule has 116 valence electrons. The normalized spacial score (nSPS) is 12.7. The van der Waals surface area contributed by atoms with Crippen molar-refractivity contribution in [2.75, 3.05) is 18.5 Å². The van der Waals surface area contributed by atoms with Gasteiger partial charge in [0.25, 0.3) is 0 Å². The van der Waals surface area contributed by atoms with Crippen molar-refractivity contribution in [2.45, 2.75) is 66.5 Å². The van der Waals surface area contributed by atoms with E-state index in [9.17, 15) is 0 Å². The largest absolute Gasteiger partial charge is 0.382 e. The lowest BCUT2D eigenvalue weighted by molar-refractivity contribution is 0.141. The number of anilines is 1. The van der Waals surface area contributed by atoms with Crippen LogP contribution in [0.25, 0.3) is 0 Å². The van der Waals surface area contributed by atoms with Gasteiger partial charge in [0.2, 0.25) is 5.95 Å². The highest BCUT2D eigenvalue weighted by atomic mass is 16.5. The molecule has 0 bridgehead atoms. The van der Waals surface area contributed by atoms with Crippen LogP contribution in [0.3, 0.4) is 0 Å². The predicted octanol–water partition coefficient (Wildman–Crippen LogP) is 3.94. The lowest BCUT2D eigenvalue weighted by Gasteiger charge is -2.33. The first-order valence-electron chi connectivity index (χ1n) is 7.60. The highest BCUT2D eigenvalue weighted by Gasteiger charge is 2.26. The van der Waals surface area contributed by atoms with E-state index in [1.165, 1.54) is 0 Å². The summed E-state index contributed by atoms with van der Waals surface area (Å²) in [4.78, 5) is 4.44. The number of nitrogens with zero attached hydrogens (tertiary/aromatic N) is 2. The van der Waals surface area contributed by atoms with E-state index < -0.39 is 0 Å². The molecule has 1 aromatic rings. The zero-order valence-corrected chi connectivity index (χ0v) is 14.0. The molecule has 1 heterocycles. The third-order valence-electron chi connectivity index (χ3n) is 3.03. The molecule has 0 radical (unpaired) electrons. The average molecular weight is 281 g/mol. The molecule has 0 spiro atoms. The Bertz CT molecular complexity index is 391. The molecule has 0 amide bonds. The van der Waals surface area contributed by atoms with E-state index in [0.29, 0.717) is 5.41 Å². The van der Waals surface area contributed by atoms with Gasteiger partial charge in [-0.2, -0.15) is 0 Å². The van der Waals surface area contributed by atoms with Gasteiger partial charge < -0.3 is 14.6 Å². The Morgan fingerprint density at radius 2 is 1.95 bits per heavy atom. The van der Waals surface area contributed by atoms with E-state index >= 15 is 0 Å². The molecule has 1 aromatic heterocycles. The van der Waals surface area contributed by atoms with Crippen molar-refractivity contribution in [1.29, 1.82) is 0 Å². The number of nitrogens with one attached hydrogen (secondary N) is 1. The summed E-state index contributed by atoms with van der Waals surface area (Å²) in [5, 5.41) is 3.58. The topological polar surface area (TPSA) is 39.1 Å². The van der Waals surface area contributed by atoms with E-state index in [2.05, 4.69) is 49.5 Å². The molecule has 4 nitrogen and oxygen atoms in total. The molecule has 4 heteroatoms. The van der Waals surface area contributed by atoms with E-state index in [0.717, 1.165) is 38.5 Å². The van der Waals surface area contributed by atoms with Crippen molar-refractivity contribution in [3.63, 3.8) is 0 Å². The van der Waals surface area contributed by atoms with Crippen LogP contribution in [0.2, 0.25) is 0 Å². The van der Waals surface area contributed by atoms with Gasteiger partial charge in [-0.3, -0.25) is 0 Å². The molecule has 0 saturated carbocycles. The molecular weight excluding hydrogens is 250 g/mol. The van der Waals surface area contributed by atoms with Crippen LogP contribution < -0.4 is 5.32 Å². The van der Waals surface area contributed by atoms with Gasteiger partial charge in [-0.05, 0) is 39.0 Å². The molecule has 0 saturated heterocycles.